The van der Waals surface area contributed by atoms with Crippen LogP contribution in [-0.4, -0.2) is 30.7 Å². The molecule has 0 N–H and O–H groups in total. The van der Waals surface area contributed by atoms with Crippen molar-refractivity contribution < 1.29 is 18.8 Å². The Labute approximate surface area is 125 Å². The van der Waals surface area contributed by atoms with Crippen molar-refractivity contribution in [3.05, 3.63) is 23.8 Å². The highest BCUT2D eigenvalue weighted by Gasteiger charge is 2.52. The second kappa shape index (κ2) is 4.85. The van der Waals surface area contributed by atoms with Crippen LogP contribution >= 0.6 is 0 Å². The summed E-state index contributed by atoms with van der Waals surface area (Å²) < 4.78 is 17.7. The number of benzene rings is 1. The number of carbonyl (C=O) groups is 1. The van der Waals surface area contributed by atoms with Crippen LogP contribution in [0.1, 0.15) is 50.9 Å². The standard InChI is InChI=1S/C16H21BO4/c1-15(2)16(3,4)21-17(20-15)14-8-7-13(9-11(14)10-18)19-12-5-6-12/h7-10,12H,5-6H2,1-4H3. The van der Waals surface area contributed by atoms with Gasteiger partial charge < -0.3 is 14.0 Å². The highest BCUT2D eigenvalue weighted by atomic mass is 16.7. The summed E-state index contributed by atoms with van der Waals surface area (Å²) in [6.07, 6.45) is 3.33. The van der Waals surface area contributed by atoms with Crippen LogP contribution in [0, 0.1) is 0 Å². The minimum Gasteiger partial charge on any atom is -0.490 e. The first-order valence-electron chi connectivity index (χ1n) is 7.44. The largest absolute Gasteiger partial charge is 0.495 e. The van der Waals surface area contributed by atoms with E-state index >= 15 is 0 Å². The van der Waals surface area contributed by atoms with E-state index < -0.39 is 18.3 Å². The lowest BCUT2D eigenvalue weighted by Gasteiger charge is -2.32. The number of rotatable bonds is 4. The molecule has 5 heteroatoms. The van der Waals surface area contributed by atoms with Crippen LogP contribution in [0.3, 0.4) is 0 Å². The van der Waals surface area contributed by atoms with Crippen LogP contribution in [0.15, 0.2) is 18.2 Å². The first kappa shape index (κ1) is 14.6. The van der Waals surface area contributed by atoms with Crippen LogP contribution in [0.4, 0.5) is 0 Å². The third kappa shape index (κ3) is 2.72. The second-order valence-corrected chi connectivity index (χ2v) is 6.81. The van der Waals surface area contributed by atoms with Gasteiger partial charge in [-0.3, -0.25) is 4.79 Å². The summed E-state index contributed by atoms with van der Waals surface area (Å²) in [6.45, 7) is 7.99. The zero-order chi connectivity index (χ0) is 15.3. The number of aldehydes is 1. The summed E-state index contributed by atoms with van der Waals surface area (Å²) in [7, 11) is -0.523. The molecule has 21 heavy (non-hydrogen) atoms. The molecule has 0 spiro atoms. The van der Waals surface area contributed by atoms with Crippen molar-refractivity contribution in [1.82, 2.24) is 0 Å². The van der Waals surface area contributed by atoms with Crippen LogP contribution in [0.25, 0.3) is 0 Å². The summed E-state index contributed by atoms with van der Waals surface area (Å²) in [6, 6.07) is 5.51. The maximum absolute atomic E-state index is 11.4. The Morgan fingerprint density at radius 3 is 2.33 bits per heavy atom. The van der Waals surface area contributed by atoms with Crippen LogP contribution in [-0.2, 0) is 9.31 Å². The van der Waals surface area contributed by atoms with Gasteiger partial charge in [-0.25, -0.2) is 0 Å². The van der Waals surface area contributed by atoms with Crippen molar-refractivity contribution in [1.29, 1.82) is 0 Å². The number of ether oxygens (including phenoxy) is 1. The van der Waals surface area contributed by atoms with Gasteiger partial charge in [-0.05, 0) is 58.1 Å². The smallest absolute Gasteiger partial charge is 0.490 e. The average molecular weight is 288 g/mol. The Morgan fingerprint density at radius 2 is 1.81 bits per heavy atom. The normalized spacial score (nSPS) is 23.1. The van der Waals surface area contributed by atoms with Gasteiger partial charge in [-0.2, -0.15) is 0 Å². The third-order valence-electron chi connectivity index (χ3n) is 4.52. The van der Waals surface area contributed by atoms with E-state index in [0.29, 0.717) is 11.7 Å². The topological polar surface area (TPSA) is 44.8 Å². The molecular formula is C16H21BO4. The Balaban J connectivity index is 1.86. The fourth-order valence-corrected chi connectivity index (χ4v) is 2.29. The van der Waals surface area contributed by atoms with Crippen molar-refractivity contribution in [3.63, 3.8) is 0 Å². The zero-order valence-electron chi connectivity index (χ0n) is 13.0. The molecule has 0 radical (unpaired) electrons. The molecule has 1 aromatic carbocycles. The van der Waals surface area contributed by atoms with Gasteiger partial charge in [0.25, 0.3) is 0 Å². The Morgan fingerprint density at radius 1 is 1.19 bits per heavy atom. The highest BCUT2D eigenvalue weighted by molar-refractivity contribution is 6.63. The van der Waals surface area contributed by atoms with Crippen molar-refractivity contribution in [2.24, 2.45) is 0 Å². The first-order valence-corrected chi connectivity index (χ1v) is 7.44. The lowest BCUT2D eigenvalue weighted by molar-refractivity contribution is 0.00578. The lowest BCUT2D eigenvalue weighted by atomic mass is 9.76. The summed E-state index contributed by atoms with van der Waals surface area (Å²) in [5.41, 5.74) is 0.487. The van der Waals surface area contributed by atoms with Crippen molar-refractivity contribution in [2.45, 2.75) is 57.8 Å². The number of hydrogen-bond acceptors (Lipinski definition) is 4. The number of carbonyl (C=O) groups excluding carboxylic acids is 1. The van der Waals surface area contributed by atoms with Gasteiger partial charge in [-0.15, -0.1) is 0 Å². The van der Waals surface area contributed by atoms with E-state index in [4.69, 9.17) is 14.0 Å². The fraction of sp³-hybridized carbons (Fsp3) is 0.562. The molecule has 2 aliphatic rings. The SMILES string of the molecule is CC1(C)OB(c2ccc(OC3CC3)cc2C=O)OC1(C)C. The number of hydrogen-bond donors (Lipinski definition) is 0. The Bertz CT molecular complexity index is 547. The highest BCUT2D eigenvalue weighted by Crippen LogP contribution is 2.37. The molecule has 1 aliphatic heterocycles. The molecule has 1 saturated carbocycles. The molecular weight excluding hydrogens is 267 g/mol. The summed E-state index contributed by atoms with van der Waals surface area (Å²) >= 11 is 0. The molecule has 1 saturated heterocycles. The molecule has 2 fully saturated rings. The van der Waals surface area contributed by atoms with Crippen molar-refractivity contribution in [2.75, 3.05) is 0 Å². The lowest BCUT2D eigenvalue weighted by Crippen LogP contribution is -2.41. The molecule has 0 unspecified atom stereocenters. The maximum Gasteiger partial charge on any atom is 0.495 e. The average Bonchev–Trinajstić information content (AvgIpc) is 3.17. The Hall–Kier alpha value is -1.33. The fourth-order valence-electron chi connectivity index (χ4n) is 2.29. The van der Waals surface area contributed by atoms with Gasteiger partial charge in [0.2, 0.25) is 0 Å². The molecule has 112 valence electrons. The van der Waals surface area contributed by atoms with Gasteiger partial charge >= 0.3 is 7.12 Å². The van der Waals surface area contributed by atoms with Crippen LogP contribution in [0.5, 0.6) is 5.75 Å². The zero-order valence-corrected chi connectivity index (χ0v) is 13.0. The Kier molecular flexibility index (Phi) is 3.37. The molecule has 1 aliphatic carbocycles. The van der Waals surface area contributed by atoms with E-state index in [0.717, 1.165) is 30.3 Å². The second-order valence-electron chi connectivity index (χ2n) is 6.81. The van der Waals surface area contributed by atoms with E-state index in [9.17, 15) is 4.79 Å². The summed E-state index contributed by atoms with van der Waals surface area (Å²) in [4.78, 5) is 11.4. The van der Waals surface area contributed by atoms with Crippen LogP contribution < -0.4 is 10.2 Å². The maximum atomic E-state index is 11.4. The van der Waals surface area contributed by atoms with E-state index in [1.165, 1.54) is 0 Å². The van der Waals surface area contributed by atoms with Gasteiger partial charge in [0.05, 0.1) is 17.3 Å². The molecule has 0 aromatic heterocycles. The summed E-state index contributed by atoms with van der Waals surface area (Å²) in [5, 5.41) is 0. The van der Waals surface area contributed by atoms with Crippen molar-refractivity contribution >= 4 is 18.9 Å². The molecule has 0 bridgehead atoms. The van der Waals surface area contributed by atoms with E-state index in [1.807, 2.05) is 39.8 Å². The molecule has 0 amide bonds. The quantitative estimate of drug-likeness (QED) is 0.630. The predicted molar refractivity (Wildman–Crippen MR) is 81.2 cm³/mol. The van der Waals surface area contributed by atoms with Gasteiger partial charge in [-0.1, -0.05) is 6.07 Å². The summed E-state index contributed by atoms with van der Waals surface area (Å²) in [5.74, 6) is 0.736. The minimum atomic E-state index is -0.523. The van der Waals surface area contributed by atoms with Gasteiger partial charge in [0.15, 0.2) is 0 Å². The molecule has 3 rings (SSSR count). The molecule has 1 heterocycles. The molecule has 0 atom stereocenters. The minimum absolute atomic E-state index is 0.312. The monoisotopic (exact) mass is 288 g/mol. The van der Waals surface area contributed by atoms with Gasteiger partial charge in [0.1, 0.15) is 12.0 Å². The van der Waals surface area contributed by atoms with E-state index in [1.54, 1.807) is 6.07 Å². The van der Waals surface area contributed by atoms with E-state index in [2.05, 4.69) is 0 Å². The molecule has 1 aromatic rings. The third-order valence-corrected chi connectivity index (χ3v) is 4.52. The predicted octanol–water partition coefficient (Wildman–Crippen LogP) is 2.34. The molecule has 4 nitrogen and oxygen atoms in total. The first-order chi connectivity index (χ1) is 9.82. The van der Waals surface area contributed by atoms with Gasteiger partial charge in [0, 0.05) is 5.56 Å². The van der Waals surface area contributed by atoms with Crippen molar-refractivity contribution in [3.8, 4) is 5.75 Å². The van der Waals surface area contributed by atoms with E-state index in [-0.39, 0.29) is 0 Å². The van der Waals surface area contributed by atoms with Crippen LogP contribution in [0.2, 0.25) is 0 Å².